The Labute approximate surface area is 125 Å². The van der Waals surface area contributed by atoms with Gasteiger partial charge in [0.1, 0.15) is 5.75 Å². The monoisotopic (exact) mass is 339 g/mol. The van der Waals surface area contributed by atoms with Crippen LogP contribution >= 0.6 is 15.9 Å². The fourth-order valence-corrected chi connectivity index (χ4v) is 2.11. The molecule has 0 radical (unpaired) electrons. The Balaban J connectivity index is 2.44. The molecule has 1 aromatic heterocycles. The average molecular weight is 340 g/mol. The maximum atomic E-state index is 11.7. The number of benzene rings is 1. The van der Waals surface area contributed by atoms with E-state index in [1.54, 1.807) is 27.0 Å². The van der Waals surface area contributed by atoms with Crippen molar-refractivity contribution in [3.05, 3.63) is 34.1 Å². The Morgan fingerprint density at radius 2 is 2.20 bits per heavy atom. The first kappa shape index (κ1) is 14.6. The SMILES string of the molecule is CCOC(=O)c1oc(-c2cc(OC)ccc2Br)nc1C. The van der Waals surface area contributed by atoms with E-state index in [9.17, 15) is 4.79 Å². The molecule has 0 unspecified atom stereocenters. The van der Waals surface area contributed by atoms with Crippen molar-refractivity contribution in [2.24, 2.45) is 0 Å². The number of methoxy groups -OCH3 is 1. The molecule has 0 aliphatic heterocycles. The molecular weight excluding hydrogens is 326 g/mol. The van der Waals surface area contributed by atoms with E-state index in [1.165, 1.54) is 0 Å². The van der Waals surface area contributed by atoms with Crippen molar-refractivity contribution in [1.82, 2.24) is 4.98 Å². The summed E-state index contributed by atoms with van der Waals surface area (Å²) in [6, 6.07) is 5.43. The summed E-state index contributed by atoms with van der Waals surface area (Å²) in [6.45, 7) is 3.73. The van der Waals surface area contributed by atoms with E-state index in [0.717, 1.165) is 4.47 Å². The molecule has 2 aromatic rings. The van der Waals surface area contributed by atoms with Crippen LogP contribution in [0.5, 0.6) is 5.75 Å². The van der Waals surface area contributed by atoms with Crippen molar-refractivity contribution in [3.63, 3.8) is 0 Å². The van der Waals surface area contributed by atoms with E-state index in [4.69, 9.17) is 13.9 Å². The van der Waals surface area contributed by atoms with Crippen LogP contribution in [0.25, 0.3) is 11.5 Å². The minimum Gasteiger partial charge on any atom is -0.497 e. The molecule has 20 heavy (non-hydrogen) atoms. The van der Waals surface area contributed by atoms with Gasteiger partial charge in [-0.1, -0.05) is 0 Å². The van der Waals surface area contributed by atoms with Crippen molar-refractivity contribution >= 4 is 21.9 Å². The zero-order valence-electron chi connectivity index (χ0n) is 11.4. The number of carbonyl (C=O) groups is 1. The normalized spacial score (nSPS) is 10.4. The number of ether oxygens (including phenoxy) is 2. The number of carbonyl (C=O) groups excluding carboxylic acids is 1. The van der Waals surface area contributed by atoms with Crippen LogP contribution in [0.15, 0.2) is 27.1 Å². The van der Waals surface area contributed by atoms with Crippen molar-refractivity contribution in [3.8, 4) is 17.2 Å². The molecule has 0 fully saturated rings. The van der Waals surface area contributed by atoms with Gasteiger partial charge < -0.3 is 13.9 Å². The van der Waals surface area contributed by atoms with E-state index in [-0.39, 0.29) is 12.4 Å². The van der Waals surface area contributed by atoms with Crippen LogP contribution in [0.1, 0.15) is 23.2 Å². The first-order valence-corrected chi connectivity index (χ1v) is 6.84. The minimum atomic E-state index is -0.511. The molecule has 0 aliphatic carbocycles. The zero-order valence-corrected chi connectivity index (χ0v) is 13.0. The molecule has 2 rings (SSSR count). The van der Waals surface area contributed by atoms with Crippen LogP contribution in [-0.4, -0.2) is 24.7 Å². The summed E-state index contributed by atoms with van der Waals surface area (Å²) in [7, 11) is 1.58. The van der Waals surface area contributed by atoms with Crippen molar-refractivity contribution in [1.29, 1.82) is 0 Å². The fraction of sp³-hybridized carbons (Fsp3) is 0.286. The van der Waals surface area contributed by atoms with Crippen LogP contribution in [0, 0.1) is 6.92 Å². The molecule has 0 atom stereocenters. The van der Waals surface area contributed by atoms with E-state index < -0.39 is 5.97 Å². The summed E-state index contributed by atoms with van der Waals surface area (Å²) in [5.41, 5.74) is 1.20. The summed E-state index contributed by atoms with van der Waals surface area (Å²) in [6.07, 6.45) is 0. The molecule has 0 N–H and O–H groups in total. The third kappa shape index (κ3) is 2.85. The summed E-state index contributed by atoms with van der Waals surface area (Å²) in [5.74, 6) is 0.632. The van der Waals surface area contributed by atoms with Gasteiger partial charge in [0.2, 0.25) is 11.7 Å². The van der Waals surface area contributed by atoms with Gasteiger partial charge in [-0.25, -0.2) is 9.78 Å². The molecule has 0 bridgehead atoms. The van der Waals surface area contributed by atoms with E-state index in [2.05, 4.69) is 20.9 Å². The van der Waals surface area contributed by atoms with Crippen LogP contribution in [0.4, 0.5) is 0 Å². The molecule has 5 nitrogen and oxygen atoms in total. The standard InChI is InChI=1S/C14H14BrNO4/c1-4-19-14(17)12-8(2)16-13(20-12)10-7-9(18-3)5-6-11(10)15/h5-7H,4H2,1-3H3. The summed E-state index contributed by atoms with van der Waals surface area (Å²) < 4.78 is 16.4. The van der Waals surface area contributed by atoms with Crippen LogP contribution < -0.4 is 4.74 Å². The first-order chi connectivity index (χ1) is 9.56. The second kappa shape index (κ2) is 6.09. The highest BCUT2D eigenvalue weighted by Gasteiger charge is 2.20. The number of hydrogen-bond donors (Lipinski definition) is 0. The predicted molar refractivity (Wildman–Crippen MR) is 76.9 cm³/mol. The quantitative estimate of drug-likeness (QED) is 0.796. The highest BCUT2D eigenvalue weighted by Crippen LogP contribution is 2.32. The Morgan fingerprint density at radius 3 is 2.85 bits per heavy atom. The fourth-order valence-electron chi connectivity index (χ4n) is 1.69. The van der Waals surface area contributed by atoms with Gasteiger partial charge in [-0.05, 0) is 48.0 Å². The lowest BCUT2D eigenvalue weighted by Gasteiger charge is -2.03. The van der Waals surface area contributed by atoms with Gasteiger partial charge in [0, 0.05) is 4.47 Å². The highest BCUT2D eigenvalue weighted by atomic mass is 79.9. The van der Waals surface area contributed by atoms with Gasteiger partial charge in [0.25, 0.3) is 0 Å². The molecule has 1 aromatic carbocycles. The van der Waals surface area contributed by atoms with Crippen molar-refractivity contribution in [2.75, 3.05) is 13.7 Å². The van der Waals surface area contributed by atoms with Crippen LogP contribution in [0.3, 0.4) is 0 Å². The number of halogens is 1. The van der Waals surface area contributed by atoms with E-state index in [1.807, 2.05) is 12.1 Å². The number of esters is 1. The Hall–Kier alpha value is -1.82. The van der Waals surface area contributed by atoms with E-state index in [0.29, 0.717) is 22.9 Å². The highest BCUT2D eigenvalue weighted by molar-refractivity contribution is 9.10. The summed E-state index contributed by atoms with van der Waals surface area (Å²) >= 11 is 3.43. The Morgan fingerprint density at radius 1 is 1.45 bits per heavy atom. The van der Waals surface area contributed by atoms with Crippen LogP contribution in [0.2, 0.25) is 0 Å². The van der Waals surface area contributed by atoms with Gasteiger partial charge in [-0.15, -0.1) is 0 Å². The largest absolute Gasteiger partial charge is 0.497 e. The third-order valence-electron chi connectivity index (χ3n) is 2.66. The van der Waals surface area contributed by atoms with Gasteiger partial charge in [-0.3, -0.25) is 0 Å². The molecule has 1 heterocycles. The topological polar surface area (TPSA) is 61.6 Å². The third-order valence-corrected chi connectivity index (χ3v) is 3.35. The van der Waals surface area contributed by atoms with Crippen LogP contribution in [-0.2, 0) is 4.74 Å². The molecule has 6 heteroatoms. The molecule has 0 spiro atoms. The molecule has 0 saturated carbocycles. The molecule has 0 amide bonds. The summed E-state index contributed by atoms with van der Waals surface area (Å²) in [5, 5.41) is 0. The minimum absolute atomic E-state index is 0.122. The number of hydrogen-bond acceptors (Lipinski definition) is 5. The van der Waals surface area contributed by atoms with Gasteiger partial charge >= 0.3 is 5.97 Å². The maximum absolute atomic E-state index is 11.7. The first-order valence-electron chi connectivity index (χ1n) is 6.05. The lowest BCUT2D eigenvalue weighted by Crippen LogP contribution is -2.04. The number of aromatic nitrogens is 1. The van der Waals surface area contributed by atoms with Gasteiger partial charge in [0.05, 0.1) is 25.0 Å². The summed E-state index contributed by atoms with van der Waals surface area (Å²) in [4.78, 5) is 16.0. The predicted octanol–water partition coefficient (Wildman–Crippen LogP) is 3.60. The van der Waals surface area contributed by atoms with Gasteiger partial charge in [-0.2, -0.15) is 0 Å². The van der Waals surface area contributed by atoms with Crippen molar-refractivity contribution < 1.29 is 18.7 Å². The molecular formula is C14H14BrNO4. The number of rotatable bonds is 4. The van der Waals surface area contributed by atoms with E-state index >= 15 is 0 Å². The average Bonchev–Trinajstić information content (AvgIpc) is 2.81. The number of aryl methyl sites for hydroxylation is 1. The molecule has 0 aliphatic rings. The lowest BCUT2D eigenvalue weighted by molar-refractivity contribution is 0.0490. The zero-order chi connectivity index (χ0) is 14.7. The number of nitrogens with zero attached hydrogens (tertiary/aromatic N) is 1. The second-order valence-electron chi connectivity index (χ2n) is 4.00. The Bertz CT molecular complexity index is 636. The lowest BCUT2D eigenvalue weighted by atomic mass is 10.2. The Kier molecular flexibility index (Phi) is 4.44. The smallest absolute Gasteiger partial charge is 0.376 e. The molecule has 106 valence electrons. The van der Waals surface area contributed by atoms with Gasteiger partial charge in [0.15, 0.2) is 0 Å². The number of oxazole rings is 1. The van der Waals surface area contributed by atoms with Crippen molar-refractivity contribution in [2.45, 2.75) is 13.8 Å². The second-order valence-corrected chi connectivity index (χ2v) is 4.85. The molecule has 0 saturated heterocycles. The maximum Gasteiger partial charge on any atom is 0.376 e.